The molecule has 3 N–H and O–H groups in total. The van der Waals surface area contributed by atoms with Crippen LogP contribution in [0, 0.1) is 31.6 Å². The monoisotopic (exact) mass is 276 g/mol. The van der Waals surface area contributed by atoms with E-state index in [-0.39, 0.29) is 17.9 Å². The fourth-order valence-corrected chi connectivity index (χ4v) is 4.09. The summed E-state index contributed by atoms with van der Waals surface area (Å²) in [6, 6.07) is 0.0600. The zero-order chi connectivity index (χ0) is 14.4. The van der Waals surface area contributed by atoms with Gasteiger partial charge in [-0.25, -0.2) is 0 Å². The summed E-state index contributed by atoms with van der Waals surface area (Å²) in [7, 11) is 1.93. The Balaban J connectivity index is 1.65. The van der Waals surface area contributed by atoms with Gasteiger partial charge in [-0.15, -0.1) is 0 Å². The smallest absolute Gasteiger partial charge is 0.225 e. The van der Waals surface area contributed by atoms with E-state index >= 15 is 0 Å². The van der Waals surface area contributed by atoms with E-state index in [0.29, 0.717) is 18.4 Å². The third-order valence-corrected chi connectivity index (χ3v) is 5.38. The molecule has 4 unspecified atom stereocenters. The van der Waals surface area contributed by atoms with Crippen LogP contribution in [-0.2, 0) is 18.4 Å². The van der Waals surface area contributed by atoms with Crippen molar-refractivity contribution in [2.24, 2.45) is 30.5 Å². The molecule has 0 aliphatic heterocycles. The largest absolute Gasteiger partial charge is 0.352 e. The number of fused-ring (bicyclic) bond motifs is 2. The van der Waals surface area contributed by atoms with Crippen molar-refractivity contribution in [3.05, 3.63) is 17.0 Å². The minimum atomic E-state index is 0.0195. The summed E-state index contributed by atoms with van der Waals surface area (Å²) in [6.07, 6.45) is 3.52. The second kappa shape index (κ2) is 4.88. The van der Waals surface area contributed by atoms with Crippen LogP contribution >= 0.6 is 0 Å². The maximum Gasteiger partial charge on any atom is 0.225 e. The highest BCUT2D eigenvalue weighted by atomic mass is 16.1. The van der Waals surface area contributed by atoms with E-state index in [9.17, 15) is 4.79 Å². The SMILES string of the molecule is Cc1nn(C)c(C)c1CNC(=O)C1C2CCC(C2)C1N. The van der Waals surface area contributed by atoms with E-state index in [2.05, 4.69) is 10.4 Å². The summed E-state index contributed by atoms with van der Waals surface area (Å²) >= 11 is 0. The van der Waals surface area contributed by atoms with E-state index in [1.807, 2.05) is 25.6 Å². The van der Waals surface area contributed by atoms with E-state index in [1.165, 1.54) is 12.8 Å². The summed E-state index contributed by atoms with van der Waals surface area (Å²) in [4.78, 5) is 12.4. The highest BCUT2D eigenvalue weighted by Crippen LogP contribution is 2.47. The second-order valence-electron chi connectivity index (χ2n) is 6.43. The van der Waals surface area contributed by atoms with Crippen LogP contribution in [0.4, 0.5) is 0 Å². The van der Waals surface area contributed by atoms with Crippen LogP contribution in [0.15, 0.2) is 0 Å². The van der Waals surface area contributed by atoms with Crippen molar-refractivity contribution in [1.29, 1.82) is 0 Å². The molecule has 4 atom stereocenters. The molecule has 0 saturated heterocycles. The molecule has 2 aliphatic carbocycles. The third kappa shape index (κ3) is 2.04. The Morgan fingerprint density at radius 3 is 2.65 bits per heavy atom. The van der Waals surface area contributed by atoms with Gasteiger partial charge in [0.1, 0.15) is 0 Å². The summed E-state index contributed by atoms with van der Waals surface area (Å²) in [5.41, 5.74) is 9.44. The number of carbonyl (C=O) groups is 1. The van der Waals surface area contributed by atoms with Gasteiger partial charge in [-0.05, 0) is 44.9 Å². The molecule has 0 radical (unpaired) electrons. The number of aryl methyl sites for hydroxylation is 2. The molecular weight excluding hydrogens is 252 g/mol. The summed E-state index contributed by atoms with van der Waals surface area (Å²) in [6.45, 7) is 4.58. The number of amides is 1. The summed E-state index contributed by atoms with van der Waals surface area (Å²) in [5.74, 6) is 1.22. The van der Waals surface area contributed by atoms with Crippen molar-refractivity contribution >= 4 is 5.91 Å². The molecule has 0 spiro atoms. The average molecular weight is 276 g/mol. The van der Waals surface area contributed by atoms with Crippen molar-refractivity contribution in [2.45, 2.75) is 45.7 Å². The molecule has 1 aromatic rings. The molecule has 1 heterocycles. The molecule has 20 heavy (non-hydrogen) atoms. The van der Waals surface area contributed by atoms with Crippen LogP contribution in [0.25, 0.3) is 0 Å². The van der Waals surface area contributed by atoms with Gasteiger partial charge in [0.05, 0.1) is 11.6 Å². The Labute approximate surface area is 119 Å². The standard InChI is InChI=1S/C15H24N4O/c1-8-12(9(2)19(3)18-8)7-17-15(20)13-10-4-5-11(6-10)14(13)16/h10-11,13-14H,4-7,16H2,1-3H3,(H,17,20). The lowest BCUT2D eigenvalue weighted by atomic mass is 9.84. The first-order valence-electron chi connectivity index (χ1n) is 7.51. The Hall–Kier alpha value is -1.36. The van der Waals surface area contributed by atoms with Crippen molar-refractivity contribution in [3.63, 3.8) is 0 Å². The summed E-state index contributed by atoms with van der Waals surface area (Å²) < 4.78 is 1.86. The number of hydrogen-bond donors (Lipinski definition) is 2. The lowest BCUT2D eigenvalue weighted by Crippen LogP contribution is -2.45. The molecule has 1 aromatic heterocycles. The molecule has 1 amide bonds. The van der Waals surface area contributed by atoms with Gasteiger partial charge in [0, 0.05) is 30.9 Å². The zero-order valence-corrected chi connectivity index (χ0v) is 12.5. The number of carbonyl (C=O) groups excluding carboxylic acids is 1. The number of aromatic nitrogens is 2. The molecule has 0 aromatic carbocycles. The van der Waals surface area contributed by atoms with Gasteiger partial charge >= 0.3 is 0 Å². The minimum Gasteiger partial charge on any atom is -0.352 e. The molecule has 2 fully saturated rings. The fourth-order valence-electron chi connectivity index (χ4n) is 4.09. The van der Waals surface area contributed by atoms with E-state index < -0.39 is 0 Å². The summed E-state index contributed by atoms with van der Waals surface area (Å²) in [5, 5.41) is 7.46. The van der Waals surface area contributed by atoms with Gasteiger partial charge in [-0.3, -0.25) is 9.48 Å². The van der Waals surface area contributed by atoms with Crippen LogP contribution in [0.1, 0.15) is 36.2 Å². The highest BCUT2D eigenvalue weighted by molar-refractivity contribution is 5.80. The number of nitrogens with zero attached hydrogens (tertiary/aromatic N) is 2. The van der Waals surface area contributed by atoms with Crippen LogP contribution in [0.5, 0.6) is 0 Å². The topological polar surface area (TPSA) is 72.9 Å². The van der Waals surface area contributed by atoms with Crippen LogP contribution in [0.3, 0.4) is 0 Å². The van der Waals surface area contributed by atoms with Crippen molar-refractivity contribution < 1.29 is 4.79 Å². The number of hydrogen-bond acceptors (Lipinski definition) is 3. The zero-order valence-electron chi connectivity index (χ0n) is 12.5. The van der Waals surface area contributed by atoms with Gasteiger partial charge in [-0.2, -0.15) is 5.10 Å². The molecule has 2 saturated carbocycles. The molecule has 2 bridgehead atoms. The fraction of sp³-hybridized carbons (Fsp3) is 0.733. The third-order valence-electron chi connectivity index (χ3n) is 5.38. The minimum absolute atomic E-state index is 0.0195. The average Bonchev–Trinajstić information content (AvgIpc) is 3.04. The molecular formula is C15H24N4O. The van der Waals surface area contributed by atoms with Gasteiger partial charge in [-0.1, -0.05) is 0 Å². The molecule has 3 rings (SSSR count). The molecule has 5 nitrogen and oxygen atoms in total. The lowest BCUT2D eigenvalue weighted by molar-refractivity contribution is -0.127. The second-order valence-corrected chi connectivity index (χ2v) is 6.43. The van der Waals surface area contributed by atoms with Gasteiger partial charge in [0.2, 0.25) is 5.91 Å². The van der Waals surface area contributed by atoms with Crippen LogP contribution in [0.2, 0.25) is 0 Å². The van der Waals surface area contributed by atoms with Crippen molar-refractivity contribution in [2.75, 3.05) is 0 Å². The molecule has 5 heteroatoms. The quantitative estimate of drug-likeness (QED) is 0.866. The predicted octanol–water partition coefficient (Wildman–Crippen LogP) is 1.03. The predicted molar refractivity (Wildman–Crippen MR) is 76.8 cm³/mol. The lowest BCUT2D eigenvalue weighted by Gasteiger charge is -2.27. The first-order valence-corrected chi connectivity index (χ1v) is 7.51. The van der Waals surface area contributed by atoms with Crippen LogP contribution in [-0.4, -0.2) is 21.7 Å². The van der Waals surface area contributed by atoms with E-state index in [1.54, 1.807) is 0 Å². The van der Waals surface area contributed by atoms with Gasteiger partial charge < -0.3 is 11.1 Å². The van der Waals surface area contributed by atoms with Crippen molar-refractivity contribution in [1.82, 2.24) is 15.1 Å². The number of nitrogens with two attached hydrogens (primary N) is 1. The normalized spacial score (nSPS) is 31.8. The Kier molecular flexibility index (Phi) is 3.32. The van der Waals surface area contributed by atoms with Crippen LogP contribution < -0.4 is 11.1 Å². The van der Waals surface area contributed by atoms with Gasteiger partial charge in [0.25, 0.3) is 0 Å². The van der Waals surface area contributed by atoms with E-state index in [0.717, 1.165) is 23.4 Å². The first-order chi connectivity index (χ1) is 9.49. The van der Waals surface area contributed by atoms with E-state index in [4.69, 9.17) is 5.73 Å². The van der Waals surface area contributed by atoms with Gasteiger partial charge in [0.15, 0.2) is 0 Å². The maximum absolute atomic E-state index is 12.4. The molecule has 110 valence electrons. The molecule has 2 aliphatic rings. The number of nitrogens with one attached hydrogen (secondary N) is 1. The Bertz CT molecular complexity index is 534. The number of rotatable bonds is 3. The van der Waals surface area contributed by atoms with Crippen molar-refractivity contribution in [3.8, 4) is 0 Å². The highest BCUT2D eigenvalue weighted by Gasteiger charge is 2.48. The first kappa shape index (κ1) is 13.6. The maximum atomic E-state index is 12.4. The Morgan fingerprint density at radius 1 is 1.40 bits per heavy atom. The Morgan fingerprint density at radius 2 is 2.10 bits per heavy atom.